The minimum atomic E-state index is -0.363. The fourth-order valence-corrected chi connectivity index (χ4v) is 3.53. The van der Waals surface area contributed by atoms with Gasteiger partial charge in [-0.15, -0.1) is 0 Å². The van der Waals surface area contributed by atoms with Crippen LogP contribution in [-0.4, -0.2) is 42.7 Å². The van der Waals surface area contributed by atoms with Gasteiger partial charge < -0.3 is 10.0 Å². The molecule has 2 aromatic rings. The molecular formula is C21H28N2O. The van der Waals surface area contributed by atoms with Crippen LogP contribution in [0.4, 0.5) is 5.69 Å². The molecule has 0 aromatic heterocycles. The highest BCUT2D eigenvalue weighted by atomic mass is 16.3. The van der Waals surface area contributed by atoms with Crippen LogP contribution in [0.3, 0.4) is 0 Å². The number of anilines is 1. The van der Waals surface area contributed by atoms with E-state index >= 15 is 0 Å². The zero-order chi connectivity index (χ0) is 16.9. The van der Waals surface area contributed by atoms with Crippen molar-refractivity contribution in [1.82, 2.24) is 4.90 Å². The molecule has 128 valence electrons. The quantitative estimate of drug-likeness (QED) is 0.911. The molecule has 2 aromatic carbocycles. The molecule has 1 atom stereocenters. The maximum absolute atomic E-state index is 10.5. The van der Waals surface area contributed by atoms with Gasteiger partial charge >= 0.3 is 0 Å². The molecule has 0 bridgehead atoms. The maximum atomic E-state index is 10.5. The molecule has 1 fully saturated rings. The zero-order valence-corrected chi connectivity index (χ0v) is 14.8. The zero-order valence-electron chi connectivity index (χ0n) is 14.8. The average molecular weight is 324 g/mol. The first-order valence-electron chi connectivity index (χ1n) is 8.91. The van der Waals surface area contributed by atoms with Crippen LogP contribution >= 0.6 is 0 Å². The second-order valence-electron chi connectivity index (χ2n) is 6.83. The topological polar surface area (TPSA) is 26.7 Å². The van der Waals surface area contributed by atoms with E-state index in [1.54, 1.807) is 0 Å². The van der Waals surface area contributed by atoms with Crippen molar-refractivity contribution in [3.63, 3.8) is 0 Å². The highest BCUT2D eigenvalue weighted by Gasteiger charge is 2.18. The Morgan fingerprint density at radius 1 is 0.958 bits per heavy atom. The minimum absolute atomic E-state index is 0.363. The molecule has 1 heterocycles. The number of hydrogen-bond donors (Lipinski definition) is 1. The van der Waals surface area contributed by atoms with Gasteiger partial charge in [0.2, 0.25) is 0 Å². The fourth-order valence-electron chi connectivity index (χ4n) is 3.53. The third kappa shape index (κ3) is 4.16. The molecule has 1 saturated heterocycles. The van der Waals surface area contributed by atoms with E-state index < -0.39 is 0 Å². The van der Waals surface area contributed by atoms with Crippen molar-refractivity contribution in [3.8, 4) is 0 Å². The fraction of sp³-hybridized carbons (Fsp3) is 0.429. The molecule has 1 N–H and O–H groups in total. The Morgan fingerprint density at radius 3 is 2.33 bits per heavy atom. The number of nitrogens with zero attached hydrogens (tertiary/aromatic N) is 2. The molecule has 1 aliphatic heterocycles. The second kappa shape index (κ2) is 7.82. The molecule has 3 rings (SSSR count). The lowest BCUT2D eigenvalue weighted by atomic mass is 9.99. The molecule has 3 heteroatoms. The Balaban J connectivity index is 1.48. The first-order chi connectivity index (χ1) is 11.6. The second-order valence-corrected chi connectivity index (χ2v) is 6.83. The monoisotopic (exact) mass is 324 g/mol. The Bertz CT molecular complexity index is 648. The van der Waals surface area contributed by atoms with Gasteiger partial charge in [0.15, 0.2) is 0 Å². The van der Waals surface area contributed by atoms with Crippen molar-refractivity contribution in [3.05, 3.63) is 65.2 Å². The van der Waals surface area contributed by atoms with Crippen LogP contribution in [0, 0.1) is 13.8 Å². The van der Waals surface area contributed by atoms with E-state index in [4.69, 9.17) is 0 Å². The normalized spacial score (nSPS) is 17.0. The summed E-state index contributed by atoms with van der Waals surface area (Å²) in [7, 11) is 0. The number of aryl methyl sites for hydroxylation is 2. The third-order valence-electron chi connectivity index (χ3n) is 5.00. The first-order valence-corrected chi connectivity index (χ1v) is 8.91. The van der Waals surface area contributed by atoms with Crippen LogP contribution in [0.5, 0.6) is 0 Å². The maximum Gasteiger partial charge on any atom is 0.0804 e. The van der Waals surface area contributed by atoms with E-state index in [0.717, 1.165) is 44.7 Å². The van der Waals surface area contributed by atoms with Gasteiger partial charge in [-0.2, -0.15) is 0 Å². The number of piperazine rings is 1. The summed E-state index contributed by atoms with van der Waals surface area (Å²) in [6.07, 6.45) is 0.438. The van der Waals surface area contributed by atoms with Gasteiger partial charge in [0.05, 0.1) is 6.10 Å². The van der Waals surface area contributed by atoms with E-state index in [2.05, 4.69) is 72.2 Å². The Kier molecular flexibility index (Phi) is 5.54. The molecule has 0 amide bonds. The van der Waals surface area contributed by atoms with Gasteiger partial charge in [-0.25, -0.2) is 0 Å². The van der Waals surface area contributed by atoms with Crippen molar-refractivity contribution in [1.29, 1.82) is 0 Å². The summed E-state index contributed by atoms with van der Waals surface area (Å²) in [4.78, 5) is 4.91. The summed E-state index contributed by atoms with van der Waals surface area (Å²) >= 11 is 0. The van der Waals surface area contributed by atoms with Gasteiger partial charge in [0, 0.05) is 38.4 Å². The first kappa shape index (κ1) is 17.0. The molecule has 1 unspecified atom stereocenters. The molecule has 0 aliphatic carbocycles. The summed E-state index contributed by atoms with van der Waals surface area (Å²) in [5.74, 6) is 0. The van der Waals surface area contributed by atoms with Gasteiger partial charge in [-0.3, -0.25) is 4.90 Å². The van der Waals surface area contributed by atoms with E-state index in [0.29, 0.717) is 0 Å². The lowest BCUT2D eigenvalue weighted by molar-refractivity contribution is 0.139. The predicted octanol–water partition coefficient (Wildman–Crippen LogP) is 3.55. The number of rotatable bonds is 5. The molecule has 0 saturated carbocycles. The van der Waals surface area contributed by atoms with E-state index in [9.17, 15) is 5.11 Å². The Labute approximate surface area is 145 Å². The lowest BCUT2D eigenvalue weighted by Gasteiger charge is -2.36. The molecule has 0 spiro atoms. The van der Waals surface area contributed by atoms with Crippen molar-refractivity contribution >= 4 is 5.69 Å². The van der Waals surface area contributed by atoms with Gasteiger partial charge in [-0.05, 0) is 43.5 Å². The average Bonchev–Trinajstić information content (AvgIpc) is 2.61. The smallest absolute Gasteiger partial charge is 0.0804 e. The van der Waals surface area contributed by atoms with Crippen LogP contribution in [0.25, 0.3) is 0 Å². The van der Waals surface area contributed by atoms with Gasteiger partial charge in [-0.1, -0.05) is 42.0 Å². The molecule has 1 aliphatic rings. The summed E-state index contributed by atoms with van der Waals surface area (Å²) < 4.78 is 0. The number of aliphatic hydroxyl groups is 1. The van der Waals surface area contributed by atoms with Crippen molar-refractivity contribution in [2.75, 3.05) is 37.6 Å². The lowest BCUT2D eigenvalue weighted by Crippen LogP contribution is -2.46. The van der Waals surface area contributed by atoms with E-state index in [1.807, 2.05) is 0 Å². The van der Waals surface area contributed by atoms with E-state index in [-0.39, 0.29) is 6.10 Å². The van der Waals surface area contributed by atoms with Crippen LogP contribution in [-0.2, 0) is 0 Å². The van der Waals surface area contributed by atoms with Crippen LogP contribution in [0.1, 0.15) is 29.2 Å². The summed E-state index contributed by atoms with van der Waals surface area (Å²) in [6, 6.07) is 16.9. The number of aliphatic hydroxyl groups excluding tert-OH is 1. The number of benzene rings is 2. The highest BCUT2D eigenvalue weighted by Crippen LogP contribution is 2.22. The Morgan fingerprint density at radius 2 is 1.67 bits per heavy atom. The highest BCUT2D eigenvalue weighted by molar-refractivity contribution is 5.46. The van der Waals surface area contributed by atoms with Crippen molar-refractivity contribution in [2.24, 2.45) is 0 Å². The third-order valence-corrected chi connectivity index (χ3v) is 5.00. The van der Waals surface area contributed by atoms with Crippen LogP contribution in [0.15, 0.2) is 48.5 Å². The predicted molar refractivity (Wildman–Crippen MR) is 101 cm³/mol. The van der Waals surface area contributed by atoms with Crippen LogP contribution in [0.2, 0.25) is 0 Å². The molecular weight excluding hydrogens is 296 g/mol. The number of para-hydroxylation sites is 1. The van der Waals surface area contributed by atoms with Crippen molar-refractivity contribution < 1.29 is 5.11 Å². The molecule has 3 nitrogen and oxygen atoms in total. The van der Waals surface area contributed by atoms with Gasteiger partial charge in [0.1, 0.15) is 0 Å². The van der Waals surface area contributed by atoms with Crippen LogP contribution < -0.4 is 4.90 Å². The largest absolute Gasteiger partial charge is 0.388 e. The van der Waals surface area contributed by atoms with Gasteiger partial charge in [0.25, 0.3) is 0 Å². The molecule has 24 heavy (non-hydrogen) atoms. The minimum Gasteiger partial charge on any atom is -0.388 e. The molecule has 0 radical (unpaired) electrons. The van der Waals surface area contributed by atoms with E-state index in [1.165, 1.54) is 16.8 Å². The number of hydrogen-bond acceptors (Lipinski definition) is 3. The summed E-state index contributed by atoms with van der Waals surface area (Å²) in [5, 5.41) is 10.5. The SMILES string of the molecule is Cc1ccc(C(O)CCN2CCN(c3ccccc3)CC2)c(C)c1. The summed E-state index contributed by atoms with van der Waals surface area (Å²) in [6.45, 7) is 9.38. The Hall–Kier alpha value is -1.84. The standard InChI is InChI=1S/C21H28N2O/c1-17-8-9-20(18(2)16-17)21(24)10-11-22-12-14-23(15-13-22)19-6-4-3-5-7-19/h3-9,16,21,24H,10-15H2,1-2H3. The summed E-state index contributed by atoms with van der Waals surface area (Å²) in [5.41, 5.74) is 4.83. The van der Waals surface area contributed by atoms with Crippen molar-refractivity contribution in [2.45, 2.75) is 26.4 Å².